The summed E-state index contributed by atoms with van der Waals surface area (Å²) in [5.41, 5.74) is 1.55. The maximum Gasteiger partial charge on any atom is 0.141 e. The molecule has 2 N–H and O–H groups in total. The van der Waals surface area contributed by atoms with Crippen LogP contribution < -0.4 is 10.1 Å². The monoisotopic (exact) mass is 450 g/mol. The van der Waals surface area contributed by atoms with Gasteiger partial charge < -0.3 is 20.1 Å². The standard InChI is InChI=1S/C28H26N4O2/c1-32-17-5-15-28(33,19-32)16-14-21-8-13-26-25(18-21)27(30-20-29-26)31-22-9-11-24(12-10-22)34-23-6-3-2-4-7-23/h2-4,6-13,18,20,33H,5,15,17,19H2,1H3,(H,29,30,31). The van der Waals surface area contributed by atoms with Crippen LogP contribution in [-0.2, 0) is 0 Å². The number of rotatable bonds is 4. The summed E-state index contributed by atoms with van der Waals surface area (Å²) < 4.78 is 5.87. The van der Waals surface area contributed by atoms with E-state index in [1.807, 2.05) is 79.8 Å². The lowest BCUT2D eigenvalue weighted by Gasteiger charge is -2.33. The van der Waals surface area contributed by atoms with E-state index in [9.17, 15) is 5.11 Å². The van der Waals surface area contributed by atoms with Gasteiger partial charge in [0.1, 0.15) is 29.2 Å². The van der Waals surface area contributed by atoms with Crippen LogP contribution in [0.1, 0.15) is 18.4 Å². The molecule has 1 aliphatic rings. The first kappa shape index (κ1) is 21.9. The van der Waals surface area contributed by atoms with Crippen LogP contribution >= 0.6 is 0 Å². The van der Waals surface area contributed by atoms with E-state index in [0.717, 1.165) is 46.6 Å². The number of nitrogens with zero attached hydrogens (tertiary/aromatic N) is 3. The number of hydrogen-bond acceptors (Lipinski definition) is 6. The van der Waals surface area contributed by atoms with Gasteiger partial charge in [0.15, 0.2) is 0 Å². The number of anilines is 2. The fourth-order valence-corrected chi connectivity index (χ4v) is 4.14. The lowest BCUT2D eigenvalue weighted by Crippen LogP contribution is -2.45. The molecule has 0 radical (unpaired) electrons. The molecule has 1 aliphatic heterocycles. The molecule has 1 atom stereocenters. The second-order valence-corrected chi connectivity index (χ2v) is 8.64. The Labute approximate surface area is 199 Å². The Morgan fingerprint density at radius 3 is 2.59 bits per heavy atom. The number of β-amino-alcohol motifs (C(OH)–C–C–N with tert-alkyl or cyclic N) is 1. The molecule has 0 bridgehead atoms. The molecular weight excluding hydrogens is 424 g/mol. The van der Waals surface area contributed by atoms with Gasteiger partial charge in [-0.2, -0.15) is 0 Å². The van der Waals surface area contributed by atoms with E-state index in [4.69, 9.17) is 4.74 Å². The van der Waals surface area contributed by atoms with Crippen molar-refractivity contribution in [2.24, 2.45) is 0 Å². The molecule has 5 rings (SSSR count). The molecule has 0 amide bonds. The Kier molecular flexibility index (Phi) is 6.13. The molecule has 4 aromatic rings. The second-order valence-electron chi connectivity index (χ2n) is 8.64. The largest absolute Gasteiger partial charge is 0.457 e. The van der Waals surface area contributed by atoms with Crippen LogP contribution in [0.4, 0.5) is 11.5 Å². The van der Waals surface area contributed by atoms with Gasteiger partial charge in [0.25, 0.3) is 0 Å². The van der Waals surface area contributed by atoms with E-state index >= 15 is 0 Å². The number of fused-ring (bicyclic) bond motifs is 1. The normalized spacial score (nSPS) is 18.2. The average Bonchev–Trinajstić information content (AvgIpc) is 2.85. The van der Waals surface area contributed by atoms with Gasteiger partial charge in [-0.1, -0.05) is 30.0 Å². The van der Waals surface area contributed by atoms with Gasteiger partial charge >= 0.3 is 0 Å². The lowest BCUT2D eigenvalue weighted by molar-refractivity contribution is 0.0263. The Hall–Kier alpha value is -3.92. The van der Waals surface area contributed by atoms with Crippen molar-refractivity contribution in [3.8, 4) is 23.3 Å². The smallest absolute Gasteiger partial charge is 0.141 e. The molecule has 1 aromatic heterocycles. The van der Waals surface area contributed by atoms with Gasteiger partial charge in [0.2, 0.25) is 0 Å². The van der Waals surface area contributed by atoms with Gasteiger partial charge in [0, 0.05) is 23.2 Å². The predicted molar refractivity (Wildman–Crippen MR) is 134 cm³/mol. The Morgan fingerprint density at radius 2 is 1.79 bits per heavy atom. The molecule has 0 saturated carbocycles. The summed E-state index contributed by atoms with van der Waals surface area (Å²) in [6.45, 7) is 1.55. The first-order valence-corrected chi connectivity index (χ1v) is 11.4. The number of piperidine rings is 1. The number of likely N-dealkylation sites (N-methyl/N-ethyl adjacent to an activating group) is 1. The minimum Gasteiger partial charge on any atom is -0.457 e. The summed E-state index contributed by atoms with van der Waals surface area (Å²) in [6.07, 6.45) is 3.18. The van der Waals surface area contributed by atoms with E-state index in [0.29, 0.717) is 18.8 Å². The number of nitrogens with one attached hydrogen (secondary N) is 1. The predicted octanol–water partition coefficient (Wildman–Crippen LogP) is 4.97. The van der Waals surface area contributed by atoms with Crippen molar-refractivity contribution in [1.29, 1.82) is 0 Å². The SMILES string of the molecule is CN1CCCC(O)(C#Cc2ccc3ncnc(Nc4ccc(Oc5ccccc5)cc4)c3c2)C1. The molecule has 170 valence electrons. The number of aromatic nitrogens is 2. The van der Waals surface area contributed by atoms with Crippen LogP contribution in [-0.4, -0.2) is 45.7 Å². The molecule has 3 aromatic carbocycles. The molecule has 6 nitrogen and oxygen atoms in total. The van der Waals surface area contributed by atoms with Crippen LogP contribution in [0.25, 0.3) is 10.9 Å². The van der Waals surface area contributed by atoms with Crippen LogP contribution in [0.3, 0.4) is 0 Å². The number of benzene rings is 3. The van der Waals surface area contributed by atoms with Crippen LogP contribution in [0.2, 0.25) is 0 Å². The highest BCUT2D eigenvalue weighted by molar-refractivity contribution is 5.91. The highest BCUT2D eigenvalue weighted by Gasteiger charge is 2.29. The molecule has 1 unspecified atom stereocenters. The zero-order valence-corrected chi connectivity index (χ0v) is 19.0. The van der Waals surface area contributed by atoms with Crippen LogP contribution in [0.5, 0.6) is 11.5 Å². The lowest BCUT2D eigenvalue weighted by atomic mass is 9.93. The van der Waals surface area contributed by atoms with Crippen LogP contribution in [0, 0.1) is 11.8 Å². The maximum absolute atomic E-state index is 10.8. The fourth-order valence-electron chi connectivity index (χ4n) is 4.14. The van der Waals surface area contributed by atoms with Gasteiger partial charge in [-0.25, -0.2) is 9.97 Å². The van der Waals surface area contributed by atoms with E-state index in [2.05, 4.69) is 32.0 Å². The van der Waals surface area contributed by atoms with E-state index < -0.39 is 5.60 Å². The zero-order chi connectivity index (χ0) is 23.4. The average molecular weight is 451 g/mol. The molecule has 34 heavy (non-hydrogen) atoms. The highest BCUT2D eigenvalue weighted by Crippen LogP contribution is 2.27. The number of hydrogen-bond donors (Lipinski definition) is 2. The molecule has 2 heterocycles. The Morgan fingerprint density at radius 1 is 1.00 bits per heavy atom. The second kappa shape index (κ2) is 9.52. The number of aliphatic hydroxyl groups is 1. The first-order chi connectivity index (χ1) is 16.6. The minimum atomic E-state index is -0.972. The third kappa shape index (κ3) is 5.18. The third-order valence-electron chi connectivity index (χ3n) is 5.83. The summed E-state index contributed by atoms with van der Waals surface area (Å²) in [4.78, 5) is 10.9. The molecule has 0 spiro atoms. The van der Waals surface area contributed by atoms with E-state index in [1.165, 1.54) is 0 Å². The maximum atomic E-state index is 10.8. The summed E-state index contributed by atoms with van der Waals surface area (Å²) in [6, 6.07) is 23.2. The number of ether oxygens (including phenoxy) is 1. The quantitative estimate of drug-likeness (QED) is 0.428. The van der Waals surface area contributed by atoms with Crippen molar-refractivity contribution < 1.29 is 9.84 Å². The number of para-hydroxylation sites is 1. The number of likely N-dealkylation sites (tertiary alicyclic amines) is 1. The molecule has 6 heteroatoms. The third-order valence-corrected chi connectivity index (χ3v) is 5.83. The minimum absolute atomic E-state index is 0.563. The van der Waals surface area contributed by atoms with Crippen molar-refractivity contribution in [1.82, 2.24) is 14.9 Å². The summed E-state index contributed by atoms with van der Waals surface area (Å²) >= 11 is 0. The topological polar surface area (TPSA) is 70.5 Å². The molecule has 1 fully saturated rings. The van der Waals surface area contributed by atoms with E-state index in [-0.39, 0.29) is 0 Å². The molecular formula is C28H26N4O2. The summed E-state index contributed by atoms with van der Waals surface area (Å²) in [5, 5.41) is 15.1. The van der Waals surface area contributed by atoms with Gasteiger partial charge in [0.05, 0.1) is 5.52 Å². The Balaban J connectivity index is 1.36. The van der Waals surface area contributed by atoms with Crippen LogP contribution in [0.15, 0.2) is 79.1 Å². The Bertz CT molecular complexity index is 1350. The van der Waals surface area contributed by atoms with Gasteiger partial charge in [-0.15, -0.1) is 0 Å². The highest BCUT2D eigenvalue weighted by atomic mass is 16.5. The van der Waals surface area contributed by atoms with Crippen molar-refractivity contribution in [2.75, 3.05) is 25.5 Å². The van der Waals surface area contributed by atoms with Gasteiger partial charge in [-0.3, -0.25) is 0 Å². The summed E-state index contributed by atoms with van der Waals surface area (Å²) in [7, 11) is 2.01. The molecule has 0 aliphatic carbocycles. The van der Waals surface area contributed by atoms with Crippen molar-refractivity contribution >= 4 is 22.4 Å². The van der Waals surface area contributed by atoms with Crippen molar-refractivity contribution in [3.05, 3.63) is 84.7 Å². The summed E-state index contributed by atoms with van der Waals surface area (Å²) in [5.74, 6) is 8.50. The van der Waals surface area contributed by atoms with Crippen molar-refractivity contribution in [2.45, 2.75) is 18.4 Å². The fraction of sp³-hybridized carbons (Fsp3) is 0.214. The molecule has 1 saturated heterocycles. The zero-order valence-electron chi connectivity index (χ0n) is 19.0. The van der Waals surface area contributed by atoms with Crippen molar-refractivity contribution in [3.63, 3.8) is 0 Å². The first-order valence-electron chi connectivity index (χ1n) is 11.4. The van der Waals surface area contributed by atoms with Gasteiger partial charge in [-0.05, 0) is 81.0 Å². The van der Waals surface area contributed by atoms with E-state index in [1.54, 1.807) is 6.33 Å².